The molecule has 1 amide bonds. The number of likely N-dealkylation sites (tertiary alicyclic amines) is 1. The molecule has 1 saturated carbocycles. The summed E-state index contributed by atoms with van der Waals surface area (Å²) in [6, 6.07) is 9.86. The van der Waals surface area contributed by atoms with Gasteiger partial charge in [0.15, 0.2) is 0 Å². The molecule has 3 aliphatic rings. The van der Waals surface area contributed by atoms with Crippen molar-refractivity contribution in [2.24, 2.45) is 11.8 Å². The average Bonchev–Trinajstić information content (AvgIpc) is 3.31. The van der Waals surface area contributed by atoms with Crippen molar-refractivity contribution in [3.8, 4) is 0 Å². The van der Waals surface area contributed by atoms with E-state index in [4.69, 9.17) is 0 Å². The number of anilines is 1. The number of aliphatic carboxylic acids is 1. The van der Waals surface area contributed by atoms with Crippen LogP contribution in [0, 0.1) is 17.7 Å². The van der Waals surface area contributed by atoms with Crippen molar-refractivity contribution in [3.05, 3.63) is 65.0 Å². The number of rotatable bonds is 6. The number of hydrogen-bond donors (Lipinski definition) is 1. The number of hydrogen-bond acceptors (Lipinski definition) is 3. The van der Waals surface area contributed by atoms with Gasteiger partial charge in [0.25, 0.3) is 0 Å². The number of carbonyl (C=O) groups excluding carboxylic acids is 1. The predicted molar refractivity (Wildman–Crippen MR) is 144 cm³/mol. The number of carbonyl (C=O) groups is 2. The molecule has 1 N–H and O–H groups in total. The van der Waals surface area contributed by atoms with Gasteiger partial charge in [-0.05, 0) is 81.7 Å². The molecule has 5 rings (SSSR count). The summed E-state index contributed by atoms with van der Waals surface area (Å²) in [4.78, 5) is 29.1. The van der Waals surface area contributed by atoms with E-state index in [9.17, 15) is 32.3 Å². The largest absolute Gasteiger partial charge is 0.481 e. The quantitative estimate of drug-likeness (QED) is 0.404. The Morgan fingerprint density at radius 1 is 1.00 bits per heavy atom. The smallest absolute Gasteiger partial charge is 0.426 e. The summed E-state index contributed by atoms with van der Waals surface area (Å²) in [5.74, 6) is -1.98. The van der Waals surface area contributed by atoms with Crippen molar-refractivity contribution >= 4 is 17.6 Å². The van der Waals surface area contributed by atoms with Gasteiger partial charge < -0.3 is 14.9 Å². The van der Waals surface area contributed by atoms with Gasteiger partial charge in [0, 0.05) is 42.2 Å². The Labute approximate surface area is 236 Å². The van der Waals surface area contributed by atoms with Gasteiger partial charge >= 0.3 is 12.1 Å². The third kappa shape index (κ3) is 5.07. The fourth-order valence-corrected chi connectivity index (χ4v) is 7.16. The Morgan fingerprint density at radius 3 is 2.22 bits per heavy atom. The molecule has 222 valence electrons. The second-order valence-electron chi connectivity index (χ2n) is 11.9. The van der Waals surface area contributed by atoms with Gasteiger partial charge in [0.1, 0.15) is 5.82 Å². The number of halogens is 5. The molecule has 1 aliphatic carbocycles. The lowest BCUT2D eigenvalue weighted by atomic mass is 9.66. The van der Waals surface area contributed by atoms with Crippen molar-refractivity contribution in [2.45, 2.75) is 75.7 Å². The minimum absolute atomic E-state index is 0.0238. The van der Waals surface area contributed by atoms with Crippen LogP contribution >= 0.6 is 0 Å². The van der Waals surface area contributed by atoms with E-state index in [0.29, 0.717) is 70.8 Å². The zero-order chi connectivity index (χ0) is 29.7. The summed E-state index contributed by atoms with van der Waals surface area (Å²) in [5.41, 5.74) is -2.57. The molecule has 41 heavy (non-hydrogen) atoms. The molecule has 2 heterocycles. The first-order valence-corrected chi connectivity index (χ1v) is 14.2. The SMILES string of the molecule is CCN1CC2N(C(=O)C3CCC(C(=O)O)CC3)CCC2(Cc2ccc(F)cc2)c2ccc(C(C)(F)C(F)(F)F)cc21. The van der Waals surface area contributed by atoms with E-state index in [2.05, 4.69) is 0 Å². The molecular formula is C31H35F5N2O3. The molecule has 0 bridgehead atoms. The molecule has 2 aromatic carbocycles. The monoisotopic (exact) mass is 578 g/mol. The van der Waals surface area contributed by atoms with Crippen molar-refractivity contribution in [1.29, 1.82) is 0 Å². The molecule has 3 unspecified atom stereocenters. The van der Waals surface area contributed by atoms with Gasteiger partial charge in [-0.3, -0.25) is 9.59 Å². The Kier molecular flexibility index (Phi) is 7.57. The summed E-state index contributed by atoms with van der Waals surface area (Å²) < 4.78 is 69.7. The summed E-state index contributed by atoms with van der Waals surface area (Å²) >= 11 is 0. The predicted octanol–water partition coefficient (Wildman–Crippen LogP) is 6.39. The first-order valence-electron chi connectivity index (χ1n) is 14.2. The van der Waals surface area contributed by atoms with E-state index in [1.54, 1.807) is 18.2 Å². The summed E-state index contributed by atoms with van der Waals surface area (Å²) in [7, 11) is 0. The van der Waals surface area contributed by atoms with Crippen molar-refractivity contribution in [3.63, 3.8) is 0 Å². The number of nitrogens with zero attached hydrogens (tertiary/aromatic N) is 2. The molecule has 3 atom stereocenters. The standard InChI is InChI=1S/C31H35F5N2O3/c1-3-37-18-26-30(17-19-4-11-23(32)12-5-19,24-13-10-22(16-25(24)37)29(2,33)31(34,35)36)14-15-38(26)27(39)20-6-8-21(9-7-20)28(40)41/h4-5,10-13,16,20-21,26H,3,6-9,14-15,17-18H2,1-2H3,(H,40,41). The van der Waals surface area contributed by atoms with Gasteiger partial charge in [-0.25, -0.2) is 8.78 Å². The van der Waals surface area contributed by atoms with Gasteiger partial charge in [-0.2, -0.15) is 13.2 Å². The van der Waals surface area contributed by atoms with Crippen LogP contribution in [0.1, 0.15) is 62.6 Å². The molecule has 0 radical (unpaired) electrons. The van der Waals surface area contributed by atoms with Crippen LogP contribution in [-0.4, -0.2) is 53.7 Å². The van der Waals surface area contributed by atoms with Crippen LogP contribution in [0.25, 0.3) is 0 Å². The molecule has 1 saturated heterocycles. The Bertz CT molecular complexity index is 1300. The highest BCUT2D eigenvalue weighted by Crippen LogP contribution is 2.52. The fraction of sp³-hybridized carbons (Fsp3) is 0.548. The Hall–Kier alpha value is -3.17. The summed E-state index contributed by atoms with van der Waals surface area (Å²) in [5, 5.41) is 9.37. The van der Waals surface area contributed by atoms with Gasteiger partial charge in [-0.1, -0.05) is 24.3 Å². The summed E-state index contributed by atoms with van der Waals surface area (Å²) in [6.45, 7) is 3.64. The molecule has 5 nitrogen and oxygen atoms in total. The molecular weight excluding hydrogens is 543 g/mol. The van der Waals surface area contributed by atoms with Gasteiger partial charge in [0.2, 0.25) is 11.6 Å². The lowest BCUT2D eigenvalue weighted by Gasteiger charge is -2.49. The zero-order valence-corrected chi connectivity index (χ0v) is 23.2. The highest BCUT2D eigenvalue weighted by molar-refractivity contribution is 5.81. The average molecular weight is 579 g/mol. The van der Waals surface area contributed by atoms with E-state index in [1.807, 2.05) is 16.7 Å². The Balaban J connectivity index is 1.55. The third-order valence-corrected chi connectivity index (χ3v) is 9.68. The second-order valence-corrected chi connectivity index (χ2v) is 11.9. The van der Waals surface area contributed by atoms with Crippen molar-refractivity contribution in [1.82, 2.24) is 4.90 Å². The van der Waals surface area contributed by atoms with Crippen LogP contribution in [0.15, 0.2) is 42.5 Å². The Morgan fingerprint density at radius 2 is 1.63 bits per heavy atom. The maximum atomic E-state index is 15.1. The van der Waals surface area contributed by atoms with E-state index in [1.165, 1.54) is 24.3 Å². The number of fused-ring (bicyclic) bond motifs is 3. The molecule has 2 fully saturated rings. The van der Waals surface area contributed by atoms with Crippen LogP contribution in [0.5, 0.6) is 0 Å². The third-order valence-electron chi connectivity index (χ3n) is 9.68. The highest BCUT2D eigenvalue weighted by atomic mass is 19.4. The van der Waals surface area contributed by atoms with E-state index < -0.39 is 34.7 Å². The topological polar surface area (TPSA) is 60.9 Å². The number of carboxylic acids is 1. The van der Waals surface area contributed by atoms with Crippen LogP contribution < -0.4 is 4.90 Å². The second kappa shape index (κ2) is 10.6. The first kappa shape index (κ1) is 29.3. The van der Waals surface area contributed by atoms with Crippen molar-refractivity contribution < 1.29 is 36.6 Å². The normalized spacial score (nSPS) is 27.6. The number of amides is 1. The lowest BCUT2D eigenvalue weighted by molar-refractivity contribution is -0.228. The van der Waals surface area contributed by atoms with Crippen molar-refractivity contribution in [2.75, 3.05) is 24.5 Å². The van der Waals surface area contributed by atoms with E-state index >= 15 is 4.39 Å². The highest BCUT2D eigenvalue weighted by Gasteiger charge is 2.57. The minimum Gasteiger partial charge on any atom is -0.481 e. The van der Waals surface area contributed by atoms with Crippen LogP contribution in [0.2, 0.25) is 0 Å². The summed E-state index contributed by atoms with van der Waals surface area (Å²) in [6.07, 6.45) is -2.23. The maximum absolute atomic E-state index is 15.1. The number of likely N-dealkylation sites (N-methyl/N-ethyl adjacent to an activating group) is 1. The van der Waals surface area contributed by atoms with Crippen LogP contribution in [0.4, 0.5) is 27.6 Å². The minimum atomic E-state index is -5.09. The van der Waals surface area contributed by atoms with Crippen LogP contribution in [-0.2, 0) is 27.1 Å². The van der Waals surface area contributed by atoms with E-state index in [0.717, 1.165) is 11.1 Å². The first-order chi connectivity index (χ1) is 19.3. The number of benzene rings is 2. The number of carboxylic acid groups (broad SMARTS) is 1. The maximum Gasteiger partial charge on any atom is 0.426 e. The fourth-order valence-electron chi connectivity index (χ4n) is 7.16. The van der Waals surface area contributed by atoms with Crippen LogP contribution in [0.3, 0.4) is 0 Å². The molecule has 2 aliphatic heterocycles. The lowest BCUT2D eigenvalue weighted by Crippen LogP contribution is -2.57. The zero-order valence-electron chi connectivity index (χ0n) is 23.2. The van der Waals surface area contributed by atoms with E-state index in [-0.39, 0.29) is 23.7 Å². The molecule has 2 aromatic rings. The number of alkyl halides is 4. The van der Waals surface area contributed by atoms with Gasteiger partial charge in [0.05, 0.1) is 12.0 Å². The van der Waals surface area contributed by atoms with Gasteiger partial charge in [-0.15, -0.1) is 0 Å². The molecule has 0 aromatic heterocycles. The molecule has 0 spiro atoms. The molecule has 10 heteroatoms.